The van der Waals surface area contributed by atoms with E-state index in [2.05, 4.69) is 48.0 Å². The van der Waals surface area contributed by atoms with Crippen molar-refractivity contribution in [3.63, 3.8) is 0 Å². The summed E-state index contributed by atoms with van der Waals surface area (Å²) in [6, 6.07) is 8.66. The average Bonchev–Trinajstić information content (AvgIpc) is 3.06. The molecule has 3 heterocycles. The van der Waals surface area contributed by atoms with Crippen molar-refractivity contribution >= 4 is 5.91 Å². The summed E-state index contributed by atoms with van der Waals surface area (Å²) in [6.07, 6.45) is 3.08. The number of rotatable bonds is 3. The lowest BCUT2D eigenvalue weighted by Gasteiger charge is -2.29. The Morgan fingerprint density at radius 2 is 2.08 bits per heavy atom. The summed E-state index contributed by atoms with van der Waals surface area (Å²) in [5.41, 5.74) is 3.51. The molecule has 1 atom stereocenters. The van der Waals surface area contributed by atoms with Gasteiger partial charge in [-0.3, -0.25) is 9.69 Å². The molecule has 2 aliphatic heterocycles. The van der Waals surface area contributed by atoms with Crippen molar-refractivity contribution < 1.29 is 9.21 Å². The highest BCUT2D eigenvalue weighted by molar-refractivity contribution is 5.89. The average molecular weight is 353 g/mol. The van der Waals surface area contributed by atoms with Gasteiger partial charge in [0.2, 0.25) is 0 Å². The normalized spacial score (nSPS) is 20.8. The molecule has 0 bridgehead atoms. The minimum Gasteiger partial charge on any atom is -0.437 e. The van der Waals surface area contributed by atoms with Crippen molar-refractivity contribution in [3.05, 3.63) is 52.7 Å². The molecule has 1 amide bonds. The summed E-state index contributed by atoms with van der Waals surface area (Å²) in [5.74, 6) is 1.68. The monoisotopic (exact) mass is 353 g/mol. The molecule has 0 saturated carbocycles. The Hall–Kier alpha value is -2.14. The first-order valence-electron chi connectivity index (χ1n) is 9.64. The molecular formula is C21H27N3O2. The molecule has 1 aromatic carbocycles. The third-order valence-corrected chi connectivity index (χ3v) is 5.46. The van der Waals surface area contributed by atoms with E-state index in [0.717, 1.165) is 57.0 Å². The first-order valence-corrected chi connectivity index (χ1v) is 9.64. The molecule has 0 N–H and O–H groups in total. The van der Waals surface area contributed by atoms with E-state index in [0.29, 0.717) is 5.92 Å². The minimum atomic E-state index is -0.0453. The van der Waals surface area contributed by atoms with Crippen LogP contribution in [0.3, 0.4) is 0 Å². The van der Waals surface area contributed by atoms with Crippen LogP contribution in [-0.2, 0) is 19.5 Å². The molecule has 0 spiro atoms. The van der Waals surface area contributed by atoms with E-state index >= 15 is 0 Å². The van der Waals surface area contributed by atoms with Gasteiger partial charge in [0.15, 0.2) is 0 Å². The standard InChI is InChI=1S/C21H27N3O2/c1-15-5-7-17(8-6-15)13-23-11-9-19-18(14-23)22-20(26-19)21(25)24-10-3-4-16(2)12-24/h5-8,16H,3-4,9-14H2,1-2H3/t16-/m0/s1. The predicted molar refractivity (Wildman–Crippen MR) is 99.8 cm³/mol. The highest BCUT2D eigenvalue weighted by Gasteiger charge is 2.29. The molecule has 138 valence electrons. The summed E-state index contributed by atoms with van der Waals surface area (Å²) in [6.45, 7) is 8.51. The number of fused-ring (bicyclic) bond motifs is 1. The Morgan fingerprint density at radius 3 is 2.85 bits per heavy atom. The maximum absolute atomic E-state index is 12.7. The summed E-state index contributed by atoms with van der Waals surface area (Å²) in [5, 5.41) is 0. The van der Waals surface area contributed by atoms with Crippen molar-refractivity contribution in [2.24, 2.45) is 5.92 Å². The van der Waals surface area contributed by atoms with Crippen LogP contribution in [0.25, 0.3) is 0 Å². The summed E-state index contributed by atoms with van der Waals surface area (Å²) >= 11 is 0. The van der Waals surface area contributed by atoms with Gasteiger partial charge in [-0.15, -0.1) is 0 Å². The van der Waals surface area contributed by atoms with Gasteiger partial charge in [-0.1, -0.05) is 36.8 Å². The van der Waals surface area contributed by atoms with Crippen LogP contribution in [-0.4, -0.2) is 40.3 Å². The lowest BCUT2D eigenvalue weighted by molar-refractivity contribution is 0.0640. The third kappa shape index (κ3) is 3.68. The van der Waals surface area contributed by atoms with Crippen LogP contribution in [0, 0.1) is 12.8 Å². The third-order valence-electron chi connectivity index (χ3n) is 5.46. The van der Waals surface area contributed by atoms with E-state index in [1.807, 2.05) is 4.90 Å². The zero-order valence-corrected chi connectivity index (χ0v) is 15.7. The number of piperidine rings is 1. The van der Waals surface area contributed by atoms with Crippen LogP contribution >= 0.6 is 0 Å². The molecule has 1 fully saturated rings. The number of aromatic nitrogens is 1. The van der Waals surface area contributed by atoms with Crippen molar-refractivity contribution in [3.8, 4) is 0 Å². The Balaban J connectivity index is 1.43. The van der Waals surface area contributed by atoms with E-state index < -0.39 is 0 Å². The van der Waals surface area contributed by atoms with E-state index in [4.69, 9.17) is 4.42 Å². The molecule has 0 radical (unpaired) electrons. The van der Waals surface area contributed by atoms with Crippen LogP contribution in [0.2, 0.25) is 0 Å². The number of amides is 1. The second kappa shape index (κ2) is 7.23. The summed E-state index contributed by atoms with van der Waals surface area (Å²) in [7, 11) is 0. The quantitative estimate of drug-likeness (QED) is 0.848. The molecular weight excluding hydrogens is 326 g/mol. The number of nitrogens with zero attached hydrogens (tertiary/aromatic N) is 3. The number of aryl methyl sites for hydroxylation is 1. The lowest BCUT2D eigenvalue weighted by Crippen LogP contribution is -2.39. The van der Waals surface area contributed by atoms with Crippen molar-refractivity contribution in [1.82, 2.24) is 14.8 Å². The fourth-order valence-corrected chi connectivity index (χ4v) is 3.94. The zero-order chi connectivity index (χ0) is 18.1. The van der Waals surface area contributed by atoms with Crippen molar-refractivity contribution in [2.45, 2.75) is 46.2 Å². The van der Waals surface area contributed by atoms with Gasteiger partial charge < -0.3 is 9.32 Å². The SMILES string of the molecule is Cc1ccc(CN2CCc3oc(C(=O)N4CCC[C@H](C)C4)nc3C2)cc1. The number of likely N-dealkylation sites (tertiary alicyclic amines) is 1. The lowest BCUT2D eigenvalue weighted by atomic mass is 10.0. The highest BCUT2D eigenvalue weighted by Crippen LogP contribution is 2.24. The van der Waals surface area contributed by atoms with Gasteiger partial charge in [0.05, 0.1) is 5.69 Å². The molecule has 2 aromatic rings. The van der Waals surface area contributed by atoms with Crippen LogP contribution in [0.15, 0.2) is 28.7 Å². The van der Waals surface area contributed by atoms with Gasteiger partial charge in [-0.2, -0.15) is 0 Å². The van der Waals surface area contributed by atoms with E-state index in [9.17, 15) is 4.79 Å². The van der Waals surface area contributed by atoms with E-state index in [-0.39, 0.29) is 11.8 Å². The first kappa shape index (κ1) is 17.3. The number of hydrogen-bond acceptors (Lipinski definition) is 4. The number of hydrogen-bond donors (Lipinski definition) is 0. The van der Waals surface area contributed by atoms with E-state index in [1.54, 1.807) is 0 Å². The highest BCUT2D eigenvalue weighted by atomic mass is 16.4. The topological polar surface area (TPSA) is 49.6 Å². The van der Waals surface area contributed by atoms with Crippen LogP contribution in [0.1, 0.15) is 53.0 Å². The predicted octanol–water partition coefficient (Wildman–Crippen LogP) is 3.41. The molecule has 2 aliphatic rings. The number of carbonyl (C=O) groups excluding carboxylic acids is 1. The maximum atomic E-state index is 12.7. The molecule has 5 heteroatoms. The summed E-state index contributed by atoms with van der Waals surface area (Å²) in [4.78, 5) is 21.5. The van der Waals surface area contributed by atoms with Gasteiger partial charge in [-0.25, -0.2) is 4.98 Å². The smallest absolute Gasteiger partial charge is 0.309 e. The van der Waals surface area contributed by atoms with Gasteiger partial charge in [-0.05, 0) is 31.2 Å². The molecule has 0 unspecified atom stereocenters. The molecule has 26 heavy (non-hydrogen) atoms. The first-order chi connectivity index (χ1) is 12.6. The van der Waals surface area contributed by atoms with Crippen LogP contribution in [0.5, 0.6) is 0 Å². The molecule has 1 saturated heterocycles. The Kier molecular flexibility index (Phi) is 4.81. The fraction of sp³-hybridized carbons (Fsp3) is 0.524. The Labute approximate surface area is 155 Å². The largest absolute Gasteiger partial charge is 0.437 e. The van der Waals surface area contributed by atoms with Crippen molar-refractivity contribution in [1.29, 1.82) is 0 Å². The van der Waals surface area contributed by atoms with Gasteiger partial charge in [0.1, 0.15) is 5.76 Å². The summed E-state index contributed by atoms with van der Waals surface area (Å²) < 4.78 is 5.84. The second-order valence-corrected chi connectivity index (χ2v) is 7.83. The maximum Gasteiger partial charge on any atom is 0.309 e. The van der Waals surface area contributed by atoms with Gasteiger partial charge >= 0.3 is 5.91 Å². The van der Waals surface area contributed by atoms with Gasteiger partial charge in [0, 0.05) is 39.1 Å². The van der Waals surface area contributed by atoms with Crippen LogP contribution in [0.4, 0.5) is 0 Å². The molecule has 5 nitrogen and oxygen atoms in total. The Morgan fingerprint density at radius 1 is 1.27 bits per heavy atom. The molecule has 1 aromatic heterocycles. The zero-order valence-electron chi connectivity index (χ0n) is 15.7. The minimum absolute atomic E-state index is 0.0453. The Bertz CT molecular complexity index is 781. The number of carbonyl (C=O) groups is 1. The molecule has 0 aliphatic carbocycles. The number of oxazole rings is 1. The van der Waals surface area contributed by atoms with Crippen molar-refractivity contribution in [2.75, 3.05) is 19.6 Å². The van der Waals surface area contributed by atoms with E-state index in [1.165, 1.54) is 17.5 Å². The number of benzene rings is 1. The fourth-order valence-electron chi connectivity index (χ4n) is 3.94. The van der Waals surface area contributed by atoms with Crippen LogP contribution < -0.4 is 0 Å². The second-order valence-electron chi connectivity index (χ2n) is 7.83. The molecule has 4 rings (SSSR count). The van der Waals surface area contributed by atoms with Gasteiger partial charge in [0.25, 0.3) is 5.89 Å².